The largest absolute Gasteiger partial charge is 0.462 e. The second-order valence-electron chi connectivity index (χ2n) is 4.33. The molecule has 2 heterocycles. The van der Waals surface area contributed by atoms with Gasteiger partial charge in [0.05, 0.1) is 11.9 Å². The quantitative estimate of drug-likeness (QED) is 0.640. The number of hydrogen-bond donors (Lipinski definition) is 1. The van der Waals surface area contributed by atoms with E-state index in [1.807, 2.05) is 0 Å². The van der Waals surface area contributed by atoms with E-state index >= 15 is 0 Å². The molecule has 20 heavy (non-hydrogen) atoms. The third-order valence-electron chi connectivity index (χ3n) is 2.92. The smallest absolute Gasteiger partial charge is 0.343 e. The molecular weight excluding hydrogens is 280 g/mol. The van der Waals surface area contributed by atoms with E-state index < -0.39 is 5.97 Å². The summed E-state index contributed by atoms with van der Waals surface area (Å²) in [6.07, 6.45) is 2.09. The third-order valence-corrected chi connectivity index (χ3v) is 4.05. The minimum absolute atomic E-state index is 0.0617. The Labute approximate surface area is 120 Å². The number of nitrogens with two attached hydrogens (primary N) is 1. The van der Waals surface area contributed by atoms with Crippen LogP contribution in [0.1, 0.15) is 23.7 Å². The number of carbonyl (C=O) groups excluding carboxylic acids is 2. The predicted molar refractivity (Wildman–Crippen MR) is 74.3 cm³/mol. The molecular formula is C12H16N4O3S. The summed E-state index contributed by atoms with van der Waals surface area (Å²) in [4.78, 5) is 33.2. The van der Waals surface area contributed by atoms with Gasteiger partial charge in [-0.3, -0.25) is 4.79 Å². The lowest BCUT2D eigenvalue weighted by Crippen LogP contribution is -2.24. The third kappa shape index (κ3) is 3.01. The highest BCUT2D eigenvalue weighted by Crippen LogP contribution is 2.28. The molecule has 0 aliphatic carbocycles. The normalized spacial score (nSPS) is 18.4. The predicted octanol–water partition coefficient (Wildman–Crippen LogP) is 0.558. The summed E-state index contributed by atoms with van der Waals surface area (Å²) < 4.78 is 4.85. The second-order valence-corrected chi connectivity index (χ2v) is 5.50. The molecule has 1 saturated heterocycles. The zero-order chi connectivity index (χ0) is 14.7. The van der Waals surface area contributed by atoms with Gasteiger partial charge in [0.15, 0.2) is 5.16 Å². The Morgan fingerprint density at radius 2 is 2.40 bits per heavy atom. The lowest BCUT2D eigenvalue weighted by molar-refractivity contribution is -0.126. The Morgan fingerprint density at radius 3 is 2.95 bits per heavy atom. The van der Waals surface area contributed by atoms with Gasteiger partial charge in [-0.25, -0.2) is 14.8 Å². The Balaban J connectivity index is 2.09. The van der Waals surface area contributed by atoms with Crippen LogP contribution in [0.15, 0.2) is 11.4 Å². The molecule has 8 heteroatoms. The highest BCUT2D eigenvalue weighted by Gasteiger charge is 2.30. The van der Waals surface area contributed by atoms with Gasteiger partial charge in [-0.1, -0.05) is 11.8 Å². The zero-order valence-corrected chi connectivity index (χ0v) is 12.1. The van der Waals surface area contributed by atoms with E-state index in [4.69, 9.17) is 10.5 Å². The van der Waals surface area contributed by atoms with Crippen molar-refractivity contribution in [1.82, 2.24) is 14.9 Å². The van der Waals surface area contributed by atoms with Gasteiger partial charge in [-0.2, -0.15) is 0 Å². The van der Waals surface area contributed by atoms with Crippen LogP contribution in [0.2, 0.25) is 0 Å². The van der Waals surface area contributed by atoms with Crippen molar-refractivity contribution in [2.45, 2.75) is 23.8 Å². The summed E-state index contributed by atoms with van der Waals surface area (Å²) >= 11 is 1.27. The first-order valence-corrected chi connectivity index (χ1v) is 7.12. The van der Waals surface area contributed by atoms with Crippen molar-refractivity contribution in [3.63, 3.8) is 0 Å². The fourth-order valence-electron chi connectivity index (χ4n) is 1.83. The van der Waals surface area contributed by atoms with E-state index in [9.17, 15) is 9.59 Å². The molecule has 0 spiro atoms. The minimum atomic E-state index is -0.543. The summed E-state index contributed by atoms with van der Waals surface area (Å²) in [6, 6.07) is 0. The van der Waals surface area contributed by atoms with Gasteiger partial charge in [0.25, 0.3) is 0 Å². The van der Waals surface area contributed by atoms with E-state index in [2.05, 4.69) is 9.97 Å². The van der Waals surface area contributed by atoms with Crippen molar-refractivity contribution in [2.24, 2.45) is 0 Å². The summed E-state index contributed by atoms with van der Waals surface area (Å²) in [5.74, 6) is -0.412. The van der Waals surface area contributed by atoms with Gasteiger partial charge < -0.3 is 15.4 Å². The number of nitrogens with zero attached hydrogens (tertiary/aromatic N) is 3. The number of anilines is 1. The van der Waals surface area contributed by atoms with Crippen LogP contribution in [0.25, 0.3) is 0 Å². The first kappa shape index (κ1) is 14.6. The van der Waals surface area contributed by atoms with E-state index in [-0.39, 0.29) is 29.1 Å². The number of thioether (sulfide) groups is 1. The van der Waals surface area contributed by atoms with Gasteiger partial charge in [-0.15, -0.1) is 0 Å². The Hall–Kier alpha value is -1.83. The number of likely N-dealkylation sites (tertiary alicyclic amines) is 1. The van der Waals surface area contributed by atoms with Gasteiger partial charge in [0, 0.05) is 19.8 Å². The van der Waals surface area contributed by atoms with Crippen molar-refractivity contribution in [2.75, 3.05) is 25.9 Å². The first-order chi connectivity index (χ1) is 9.52. The molecule has 0 aromatic carbocycles. The topological polar surface area (TPSA) is 98.4 Å². The van der Waals surface area contributed by atoms with Crippen molar-refractivity contribution >= 4 is 29.5 Å². The number of nitrogen functional groups attached to an aromatic ring is 1. The number of ether oxygens (including phenoxy) is 1. The molecule has 1 unspecified atom stereocenters. The maximum absolute atomic E-state index is 11.8. The first-order valence-electron chi connectivity index (χ1n) is 6.24. The van der Waals surface area contributed by atoms with Gasteiger partial charge in [0.2, 0.25) is 5.91 Å². The average Bonchev–Trinajstić information content (AvgIpc) is 2.71. The Bertz CT molecular complexity index is 537. The standard InChI is InChI=1S/C12H16N4O3S/c1-3-19-11(18)7-6-14-12(15-9(7)13)20-8-4-5-16(2)10(8)17/h6,8H,3-5H2,1-2H3,(H2,13,14,15). The molecule has 1 aromatic rings. The lowest BCUT2D eigenvalue weighted by atomic mass is 10.3. The van der Waals surface area contributed by atoms with E-state index in [0.717, 1.165) is 13.0 Å². The van der Waals surface area contributed by atoms with Crippen LogP contribution in [0.3, 0.4) is 0 Å². The van der Waals surface area contributed by atoms with Crippen LogP contribution in [0.4, 0.5) is 5.82 Å². The summed E-state index contributed by atoms with van der Waals surface area (Å²) in [5.41, 5.74) is 5.87. The highest BCUT2D eigenvalue weighted by atomic mass is 32.2. The molecule has 2 rings (SSSR count). The fraction of sp³-hybridized carbons (Fsp3) is 0.500. The van der Waals surface area contributed by atoms with E-state index in [1.165, 1.54) is 18.0 Å². The number of aromatic nitrogens is 2. The lowest BCUT2D eigenvalue weighted by Gasteiger charge is -2.10. The molecule has 1 aromatic heterocycles. The van der Waals surface area contributed by atoms with Crippen LogP contribution in [-0.2, 0) is 9.53 Å². The Morgan fingerprint density at radius 1 is 1.65 bits per heavy atom. The molecule has 108 valence electrons. The van der Waals surface area contributed by atoms with Gasteiger partial charge in [0.1, 0.15) is 11.4 Å². The van der Waals surface area contributed by atoms with Gasteiger partial charge >= 0.3 is 5.97 Å². The summed E-state index contributed by atoms with van der Waals surface area (Å²) in [7, 11) is 1.77. The maximum Gasteiger partial charge on any atom is 0.343 e. The van der Waals surface area contributed by atoms with E-state index in [0.29, 0.717) is 5.16 Å². The van der Waals surface area contributed by atoms with Crippen molar-refractivity contribution < 1.29 is 14.3 Å². The highest BCUT2D eigenvalue weighted by molar-refractivity contribution is 8.00. The van der Waals surface area contributed by atoms with Crippen LogP contribution < -0.4 is 5.73 Å². The number of esters is 1. The van der Waals surface area contributed by atoms with Crippen molar-refractivity contribution in [3.05, 3.63) is 11.8 Å². The zero-order valence-electron chi connectivity index (χ0n) is 11.3. The molecule has 1 aliphatic rings. The second kappa shape index (κ2) is 6.08. The van der Waals surface area contributed by atoms with Crippen LogP contribution in [-0.4, -0.2) is 52.2 Å². The number of carbonyl (C=O) groups is 2. The molecule has 0 bridgehead atoms. The monoisotopic (exact) mass is 296 g/mol. The van der Waals surface area contributed by atoms with Crippen LogP contribution in [0.5, 0.6) is 0 Å². The average molecular weight is 296 g/mol. The molecule has 1 atom stereocenters. The van der Waals surface area contributed by atoms with Crippen molar-refractivity contribution in [3.8, 4) is 0 Å². The molecule has 1 fully saturated rings. The summed E-state index contributed by atoms with van der Waals surface area (Å²) in [6.45, 7) is 2.70. The fourth-order valence-corrected chi connectivity index (χ4v) is 2.85. The van der Waals surface area contributed by atoms with E-state index in [1.54, 1.807) is 18.9 Å². The number of hydrogen-bond acceptors (Lipinski definition) is 7. The molecule has 0 radical (unpaired) electrons. The van der Waals surface area contributed by atoms with Crippen LogP contribution in [0, 0.1) is 0 Å². The molecule has 0 saturated carbocycles. The molecule has 2 N–H and O–H groups in total. The molecule has 1 aliphatic heterocycles. The SMILES string of the molecule is CCOC(=O)c1cnc(SC2CCN(C)C2=O)nc1N. The number of rotatable bonds is 4. The Kier molecular flexibility index (Phi) is 4.43. The minimum Gasteiger partial charge on any atom is -0.462 e. The number of amides is 1. The molecule has 1 amide bonds. The van der Waals surface area contributed by atoms with Gasteiger partial charge in [-0.05, 0) is 13.3 Å². The summed E-state index contributed by atoms with van der Waals surface area (Å²) in [5, 5.41) is 0.206. The van der Waals surface area contributed by atoms with Crippen molar-refractivity contribution in [1.29, 1.82) is 0 Å². The molecule has 7 nitrogen and oxygen atoms in total. The maximum atomic E-state index is 11.8. The van der Waals surface area contributed by atoms with Crippen LogP contribution >= 0.6 is 11.8 Å².